The average Bonchev–Trinajstić information content (AvgIpc) is 3.51. The highest BCUT2D eigenvalue weighted by Crippen LogP contribution is 2.48. The van der Waals surface area contributed by atoms with Gasteiger partial charge in [0.15, 0.2) is 0 Å². The molecule has 0 saturated heterocycles. The van der Waals surface area contributed by atoms with E-state index in [1.165, 1.54) is 0 Å². The van der Waals surface area contributed by atoms with Gasteiger partial charge in [-0.25, -0.2) is 4.98 Å². The predicted octanol–water partition coefficient (Wildman–Crippen LogP) is 2.57. The summed E-state index contributed by atoms with van der Waals surface area (Å²) in [6.45, 7) is 0.489. The molecule has 2 heterocycles. The molecule has 1 aliphatic heterocycles. The van der Waals surface area contributed by atoms with Gasteiger partial charge in [-0.2, -0.15) is 0 Å². The van der Waals surface area contributed by atoms with Gasteiger partial charge in [-0.3, -0.25) is 4.79 Å². The Balaban J connectivity index is 1.76. The third kappa shape index (κ3) is 1.78. The van der Waals surface area contributed by atoms with Crippen molar-refractivity contribution in [1.82, 2.24) is 14.5 Å². The van der Waals surface area contributed by atoms with Crippen LogP contribution >= 0.6 is 0 Å². The first kappa shape index (κ1) is 14.0. The number of imidazole rings is 1. The highest BCUT2D eigenvalue weighted by atomic mass is 16.2. The fourth-order valence-corrected chi connectivity index (χ4v) is 3.91. The Bertz CT molecular complexity index is 875. The van der Waals surface area contributed by atoms with Crippen molar-refractivity contribution in [1.29, 1.82) is 0 Å². The third-order valence-corrected chi connectivity index (χ3v) is 5.65. The molecule has 3 aliphatic rings. The molecule has 2 aromatic rings. The van der Waals surface area contributed by atoms with Crippen LogP contribution in [0.25, 0.3) is 5.69 Å². The normalized spacial score (nSPS) is 21.0. The highest BCUT2D eigenvalue weighted by Gasteiger charge is 2.49. The summed E-state index contributed by atoms with van der Waals surface area (Å²) >= 11 is 0. The van der Waals surface area contributed by atoms with E-state index in [1.54, 1.807) is 11.2 Å². The molecule has 1 aromatic heterocycles. The minimum Gasteiger partial charge on any atom is -0.336 e. The first-order valence-corrected chi connectivity index (χ1v) is 8.56. The summed E-state index contributed by atoms with van der Waals surface area (Å²) in [6, 6.07) is 6.10. The van der Waals surface area contributed by atoms with Crippen molar-refractivity contribution in [2.24, 2.45) is 0 Å². The Morgan fingerprint density at radius 3 is 2.75 bits per heavy atom. The Kier molecular flexibility index (Phi) is 2.65. The molecule has 0 N–H and O–H groups in total. The van der Waals surface area contributed by atoms with Crippen LogP contribution in [0.3, 0.4) is 0 Å². The second-order valence-electron chi connectivity index (χ2n) is 7.36. The van der Waals surface area contributed by atoms with Crippen molar-refractivity contribution in [3.05, 3.63) is 47.0 Å². The summed E-state index contributed by atoms with van der Waals surface area (Å²) in [5, 5.41) is 0. The van der Waals surface area contributed by atoms with Gasteiger partial charge in [0, 0.05) is 7.05 Å². The lowest BCUT2D eigenvalue weighted by Gasteiger charge is -2.17. The topological polar surface area (TPSA) is 55.2 Å². The van der Waals surface area contributed by atoms with Gasteiger partial charge in [0.05, 0.1) is 40.9 Å². The lowest BCUT2D eigenvalue weighted by atomic mass is 10.00. The van der Waals surface area contributed by atoms with Crippen molar-refractivity contribution in [2.75, 3.05) is 7.05 Å². The van der Waals surface area contributed by atoms with Gasteiger partial charge in [0.25, 0.3) is 5.91 Å². The van der Waals surface area contributed by atoms with Crippen LogP contribution in [0.1, 0.15) is 58.9 Å². The molecule has 2 saturated carbocycles. The molecule has 5 heteroatoms. The molecule has 0 radical (unpaired) electrons. The first-order valence-electron chi connectivity index (χ1n) is 8.56. The standard InChI is InChI=1S/C19H19N3O2/c1-21-9-15-17(19(10-23)7-8-19)20-11-22(15)14-4-2-3-13(12-5-6-12)16(14)18(21)24/h2-4,10-12H,5-9H2,1H3. The van der Waals surface area contributed by atoms with Crippen LogP contribution in [0.5, 0.6) is 0 Å². The van der Waals surface area contributed by atoms with E-state index in [9.17, 15) is 9.59 Å². The zero-order valence-electron chi connectivity index (χ0n) is 13.7. The molecule has 2 aliphatic carbocycles. The van der Waals surface area contributed by atoms with Crippen LogP contribution in [0.4, 0.5) is 0 Å². The van der Waals surface area contributed by atoms with Crippen LogP contribution in [-0.4, -0.2) is 33.7 Å². The van der Waals surface area contributed by atoms with E-state index in [0.717, 1.165) is 60.2 Å². The molecule has 122 valence electrons. The van der Waals surface area contributed by atoms with E-state index in [-0.39, 0.29) is 5.91 Å². The van der Waals surface area contributed by atoms with Gasteiger partial charge in [-0.05, 0) is 43.2 Å². The molecule has 0 spiro atoms. The molecule has 0 atom stereocenters. The molecule has 24 heavy (non-hydrogen) atoms. The minimum atomic E-state index is -0.428. The van der Waals surface area contributed by atoms with Crippen LogP contribution in [0.15, 0.2) is 24.5 Å². The molecule has 5 rings (SSSR count). The summed E-state index contributed by atoms with van der Waals surface area (Å²) in [7, 11) is 1.84. The smallest absolute Gasteiger partial charge is 0.256 e. The van der Waals surface area contributed by atoms with Gasteiger partial charge in [0.1, 0.15) is 6.29 Å². The summed E-state index contributed by atoms with van der Waals surface area (Å²) in [5.41, 5.74) is 4.27. The quantitative estimate of drug-likeness (QED) is 0.817. The van der Waals surface area contributed by atoms with Crippen molar-refractivity contribution in [3.63, 3.8) is 0 Å². The maximum atomic E-state index is 13.0. The summed E-state index contributed by atoms with van der Waals surface area (Å²) in [4.78, 5) is 30.9. The van der Waals surface area contributed by atoms with E-state index in [1.807, 2.05) is 23.7 Å². The zero-order chi connectivity index (χ0) is 16.5. The summed E-state index contributed by atoms with van der Waals surface area (Å²) in [5.74, 6) is 0.574. The molecular weight excluding hydrogens is 302 g/mol. The van der Waals surface area contributed by atoms with Crippen molar-refractivity contribution in [2.45, 2.75) is 43.6 Å². The Morgan fingerprint density at radius 1 is 1.29 bits per heavy atom. The number of carbonyl (C=O) groups is 2. The molecule has 2 fully saturated rings. The molecule has 5 nitrogen and oxygen atoms in total. The van der Waals surface area contributed by atoms with Crippen molar-refractivity contribution in [3.8, 4) is 5.69 Å². The summed E-state index contributed by atoms with van der Waals surface area (Å²) in [6.07, 6.45) is 6.84. The van der Waals surface area contributed by atoms with Crippen molar-refractivity contribution < 1.29 is 9.59 Å². The monoisotopic (exact) mass is 321 g/mol. The van der Waals surface area contributed by atoms with Crippen molar-refractivity contribution >= 4 is 12.2 Å². The molecule has 1 amide bonds. The van der Waals surface area contributed by atoms with Crippen LogP contribution in [0, 0.1) is 0 Å². The fourth-order valence-electron chi connectivity index (χ4n) is 3.91. The Labute approximate surface area is 140 Å². The number of fused-ring (bicyclic) bond motifs is 3. The predicted molar refractivity (Wildman–Crippen MR) is 88.3 cm³/mol. The van der Waals surface area contributed by atoms with E-state index in [4.69, 9.17) is 0 Å². The number of aldehydes is 1. The number of amides is 1. The molecule has 1 aromatic carbocycles. The number of benzene rings is 1. The zero-order valence-corrected chi connectivity index (χ0v) is 13.7. The number of carbonyl (C=O) groups excluding carboxylic acids is 2. The highest BCUT2D eigenvalue weighted by molar-refractivity contribution is 6.00. The van der Waals surface area contributed by atoms with Gasteiger partial charge in [-0.1, -0.05) is 12.1 Å². The van der Waals surface area contributed by atoms with Crippen LogP contribution in [-0.2, 0) is 16.8 Å². The van der Waals surface area contributed by atoms with E-state index >= 15 is 0 Å². The van der Waals surface area contributed by atoms with Crippen LogP contribution < -0.4 is 0 Å². The maximum absolute atomic E-state index is 13.0. The second-order valence-corrected chi connectivity index (χ2v) is 7.36. The number of hydrogen-bond acceptors (Lipinski definition) is 3. The number of nitrogens with zero attached hydrogens (tertiary/aromatic N) is 3. The largest absolute Gasteiger partial charge is 0.336 e. The van der Waals surface area contributed by atoms with Gasteiger partial charge in [-0.15, -0.1) is 0 Å². The van der Waals surface area contributed by atoms with E-state index in [2.05, 4.69) is 11.1 Å². The average molecular weight is 321 g/mol. The number of rotatable bonds is 3. The minimum absolute atomic E-state index is 0.0677. The Morgan fingerprint density at radius 2 is 2.08 bits per heavy atom. The Hall–Kier alpha value is -2.43. The second kappa shape index (κ2) is 4.56. The van der Waals surface area contributed by atoms with Gasteiger partial charge in [0.2, 0.25) is 0 Å². The lowest BCUT2D eigenvalue weighted by Crippen LogP contribution is -2.27. The van der Waals surface area contributed by atoms with Crippen LogP contribution in [0.2, 0.25) is 0 Å². The van der Waals surface area contributed by atoms with Gasteiger partial charge < -0.3 is 14.3 Å². The van der Waals surface area contributed by atoms with Gasteiger partial charge >= 0.3 is 0 Å². The summed E-state index contributed by atoms with van der Waals surface area (Å²) < 4.78 is 2.03. The molecule has 0 bridgehead atoms. The maximum Gasteiger partial charge on any atom is 0.256 e. The number of hydrogen-bond donors (Lipinski definition) is 0. The first-order chi connectivity index (χ1) is 11.6. The molecular formula is C19H19N3O2. The van der Waals surface area contributed by atoms with E-state index in [0.29, 0.717) is 12.5 Å². The fraction of sp³-hybridized carbons (Fsp3) is 0.421. The lowest BCUT2D eigenvalue weighted by molar-refractivity contribution is -0.110. The van der Waals surface area contributed by atoms with E-state index < -0.39 is 5.41 Å². The molecule has 0 unspecified atom stereocenters. The SMILES string of the molecule is CN1Cc2c(C3(C=O)CC3)ncn2-c2cccc(C3CC3)c2C1=O. The third-order valence-electron chi connectivity index (χ3n) is 5.65. The number of aromatic nitrogens is 2.